The third-order valence-electron chi connectivity index (χ3n) is 3.16. The van der Waals surface area contributed by atoms with E-state index in [0.29, 0.717) is 24.9 Å². The van der Waals surface area contributed by atoms with Crippen LogP contribution in [0, 0.1) is 6.92 Å². The molecular formula is C14H24N4O2. The van der Waals surface area contributed by atoms with Crippen LogP contribution in [0.1, 0.15) is 26.6 Å². The van der Waals surface area contributed by atoms with Crippen LogP contribution in [0.2, 0.25) is 0 Å². The summed E-state index contributed by atoms with van der Waals surface area (Å²) in [4.78, 5) is 11.0. The second-order valence-electron chi connectivity index (χ2n) is 5.66. The molecule has 2 heterocycles. The van der Waals surface area contributed by atoms with E-state index in [9.17, 15) is 0 Å². The quantitative estimate of drug-likeness (QED) is 0.891. The molecule has 0 amide bonds. The predicted molar refractivity (Wildman–Crippen MR) is 78.2 cm³/mol. The average molecular weight is 280 g/mol. The predicted octanol–water partition coefficient (Wildman–Crippen LogP) is 1.13. The van der Waals surface area contributed by atoms with Crippen molar-refractivity contribution in [1.82, 2.24) is 9.97 Å². The summed E-state index contributed by atoms with van der Waals surface area (Å²) in [6.45, 7) is 10.6. The number of ether oxygens (including phenoxy) is 2. The van der Waals surface area contributed by atoms with Crippen molar-refractivity contribution >= 4 is 5.82 Å². The lowest BCUT2D eigenvalue weighted by molar-refractivity contribution is -0.0790. The Morgan fingerprint density at radius 3 is 2.90 bits per heavy atom. The number of hydrogen-bond acceptors (Lipinski definition) is 6. The van der Waals surface area contributed by atoms with Crippen molar-refractivity contribution in [2.75, 3.05) is 31.1 Å². The summed E-state index contributed by atoms with van der Waals surface area (Å²) < 4.78 is 11.4. The van der Waals surface area contributed by atoms with Gasteiger partial charge in [-0.2, -0.15) is 4.98 Å². The Morgan fingerprint density at radius 2 is 2.25 bits per heavy atom. The van der Waals surface area contributed by atoms with Gasteiger partial charge >= 0.3 is 0 Å². The van der Waals surface area contributed by atoms with Crippen LogP contribution in [0.25, 0.3) is 0 Å². The maximum absolute atomic E-state index is 5.94. The highest BCUT2D eigenvalue weighted by Gasteiger charge is 2.33. The largest absolute Gasteiger partial charge is 0.478 e. The van der Waals surface area contributed by atoms with E-state index in [1.54, 1.807) is 0 Å². The maximum atomic E-state index is 5.94. The molecule has 1 aromatic heterocycles. The fourth-order valence-corrected chi connectivity index (χ4v) is 2.50. The fraction of sp³-hybridized carbons (Fsp3) is 0.714. The van der Waals surface area contributed by atoms with Crippen LogP contribution >= 0.6 is 0 Å². The number of morpholine rings is 1. The summed E-state index contributed by atoms with van der Waals surface area (Å²) in [5.74, 6) is 2.19. The zero-order valence-corrected chi connectivity index (χ0v) is 12.7. The van der Waals surface area contributed by atoms with Crippen molar-refractivity contribution in [3.63, 3.8) is 0 Å². The smallest absolute Gasteiger partial charge is 0.218 e. The third kappa shape index (κ3) is 3.58. The van der Waals surface area contributed by atoms with E-state index < -0.39 is 0 Å². The molecule has 0 radical (unpaired) electrons. The molecule has 0 aliphatic carbocycles. The van der Waals surface area contributed by atoms with E-state index in [-0.39, 0.29) is 11.7 Å². The molecule has 0 saturated carbocycles. The Hall–Kier alpha value is -1.40. The van der Waals surface area contributed by atoms with Gasteiger partial charge in [0.1, 0.15) is 11.6 Å². The number of aryl methyl sites for hydroxylation is 1. The third-order valence-corrected chi connectivity index (χ3v) is 3.16. The molecule has 6 nitrogen and oxygen atoms in total. The van der Waals surface area contributed by atoms with Gasteiger partial charge in [-0.25, -0.2) is 4.98 Å². The molecule has 1 aromatic rings. The number of hydrogen-bond donors (Lipinski definition) is 1. The normalized spacial score (nSPS) is 21.9. The molecule has 0 spiro atoms. The minimum atomic E-state index is -0.243. The first-order valence-corrected chi connectivity index (χ1v) is 7.05. The van der Waals surface area contributed by atoms with E-state index in [1.807, 2.05) is 19.9 Å². The number of nitrogens with zero attached hydrogens (tertiary/aromatic N) is 3. The van der Waals surface area contributed by atoms with Gasteiger partial charge in [0.25, 0.3) is 0 Å². The Morgan fingerprint density at radius 1 is 1.50 bits per heavy atom. The second kappa shape index (κ2) is 5.93. The first kappa shape index (κ1) is 15.0. The van der Waals surface area contributed by atoms with Gasteiger partial charge in [-0.3, -0.25) is 0 Å². The van der Waals surface area contributed by atoms with Crippen LogP contribution in [0.5, 0.6) is 5.88 Å². The molecule has 0 aromatic carbocycles. The summed E-state index contributed by atoms with van der Waals surface area (Å²) in [5.41, 5.74) is 5.52. The van der Waals surface area contributed by atoms with E-state index in [2.05, 4.69) is 28.7 Å². The number of anilines is 1. The highest BCUT2D eigenvalue weighted by atomic mass is 16.5. The molecular weight excluding hydrogens is 256 g/mol. The molecule has 1 fully saturated rings. The molecule has 1 aliphatic rings. The SMILES string of the molecule is CCOc1cc(N2CC(CN)OC(C)(C)C2)nc(C)n1. The van der Waals surface area contributed by atoms with Gasteiger partial charge in [0.15, 0.2) is 0 Å². The number of aromatic nitrogens is 2. The number of nitrogens with two attached hydrogens (primary N) is 1. The Bertz CT molecular complexity index is 464. The number of rotatable bonds is 4. The van der Waals surface area contributed by atoms with Gasteiger partial charge in [-0.05, 0) is 27.7 Å². The molecule has 1 atom stereocenters. The zero-order chi connectivity index (χ0) is 14.8. The summed E-state index contributed by atoms with van der Waals surface area (Å²) in [7, 11) is 0. The Kier molecular flexibility index (Phi) is 4.45. The molecule has 1 unspecified atom stereocenters. The Balaban J connectivity index is 2.25. The minimum absolute atomic E-state index is 0.0181. The molecule has 2 N–H and O–H groups in total. The second-order valence-corrected chi connectivity index (χ2v) is 5.66. The van der Waals surface area contributed by atoms with Gasteiger partial charge in [0.2, 0.25) is 5.88 Å². The average Bonchev–Trinajstić information content (AvgIpc) is 2.36. The van der Waals surface area contributed by atoms with Crippen LogP contribution in [0.15, 0.2) is 6.07 Å². The van der Waals surface area contributed by atoms with Crippen LogP contribution in [0.3, 0.4) is 0 Å². The highest BCUT2D eigenvalue weighted by molar-refractivity contribution is 5.43. The summed E-state index contributed by atoms with van der Waals surface area (Å²) in [6, 6.07) is 1.88. The van der Waals surface area contributed by atoms with Crippen molar-refractivity contribution in [2.24, 2.45) is 5.73 Å². The van der Waals surface area contributed by atoms with Crippen molar-refractivity contribution in [2.45, 2.75) is 39.4 Å². The molecule has 20 heavy (non-hydrogen) atoms. The van der Waals surface area contributed by atoms with Crippen molar-refractivity contribution in [3.8, 4) is 5.88 Å². The van der Waals surface area contributed by atoms with Gasteiger partial charge in [0, 0.05) is 25.7 Å². The van der Waals surface area contributed by atoms with Crippen LogP contribution in [-0.2, 0) is 4.74 Å². The lowest BCUT2D eigenvalue weighted by Gasteiger charge is -2.43. The van der Waals surface area contributed by atoms with Crippen LogP contribution < -0.4 is 15.4 Å². The molecule has 2 rings (SSSR count). The first-order valence-electron chi connectivity index (χ1n) is 7.05. The van der Waals surface area contributed by atoms with Crippen molar-refractivity contribution < 1.29 is 9.47 Å². The van der Waals surface area contributed by atoms with E-state index >= 15 is 0 Å². The van der Waals surface area contributed by atoms with Crippen LogP contribution in [0.4, 0.5) is 5.82 Å². The van der Waals surface area contributed by atoms with Gasteiger partial charge in [-0.1, -0.05) is 0 Å². The lowest BCUT2D eigenvalue weighted by atomic mass is 10.1. The minimum Gasteiger partial charge on any atom is -0.478 e. The van der Waals surface area contributed by atoms with Gasteiger partial charge in [0.05, 0.1) is 18.3 Å². The molecule has 1 saturated heterocycles. The van der Waals surface area contributed by atoms with Crippen molar-refractivity contribution in [1.29, 1.82) is 0 Å². The first-order chi connectivity index (χ1) is 9.43. The molecule has 0 bridgehead atoms. The standard InChI is InChI=1S/C14H24N4O2/c1-5-19-13-6-12(16-10(2)17-13)18-8-11(7-15)20-14(3,4)9-18/h6,11H,5,7-9,15H2,1-4H3. The van der Waals surface area contributed by atoms with Crippen LogP contribution in [-0.4, -0.2) is 47.9 Å². The fourth-order valence-electron chi connectivity index (χ4n) is 2.50. The lowest BCUT2D eigenvalue weighted by Crippen LogP contribution is -2.55. The summed E-state index contributed by atoms with van der Waals surface area (Å²) in [6.07, 6.45) is 0.0181. The van der Waals surface area contributed by atoms with Gasteiger partial charge < -0.3 is 20.1 Å². The monoisotopic (exact) mass is 280 g/mol. The zero-order valence-electron chi connectivity index (χ0n) is 12.7. The summed E-state index contributed by atoms with van der Waals surface area (Å²) in [5, 5.41) is 0. The molecule has 1 aliphatic heterocycles. The molecule has 6 heteroatoms. The Labute approximate surface area is 120 Å². The topological polar surface area (TPSA) is 73.5 Å². The van der Waals surface area contributed by atoms with Crippen molar-refractivity contribution in [3.05, 3.63) is 11.9 Å². The van der Waals surface area contributed by atoms with Gasteiger partial charge in [-0.15, -0.1) is 0 Å². The van der Waals surface area contributed by atoms with E-state index in [4.69, 9.17) is 15.2 Å². The van der Waals surface area contributed by atoms with E-state index in [0.717, 1.165) is 18.9 Å². The van der Waals surface area contributed by atoms with E-state index in [1.165, 1.54) is 0 Å². The molecule has 112 valence electrons. The highest BCUT2D eigenvalue weighted by Crippen LogP contribution is 2.26. The summed E-state index contributed by atoms with van der Waals surface area (Å²) >= 11 is 0. The maximum Gasteiger partial charge on any atom is 0.218 e.